The van der Waals surface area contributed by atoms with Crippen molar-refractivity contribution in [1.29, 1.82) is 0 Å². The van der Waals surface area contributed by atoms with Crippen molar-refractivity contribution in [2.75, 3.05) is 12.0 Å². The van der Waals surface area contributed by atoms with Gasteiger partial charge in [-0.3, -0.25) is 19.2 Å². The van der Waals surface area contributed by atoms with E-state index in [1.807, 2.05) is 13.2 Å². The van der Waals surface area contributed by atoms with Crippen LogP contribution in [0.4, 0.5) is 0 Å². The fraction of sp³-hybridized carbons (Fsp3) is 0.750. The van der Waals surface area contributed by atoms with Gasteiger partial charge < -0.3 is 37.0 Å². The molecule has 0 rings (SSSR count). The van der Waals surface area contributed by atoms with E-state index in [4.69, 9.17) is 15.9 Å². The number of amides is 3. The van der Waals surface area contributed by atoms with Crippen LogP contribution in [0.5, 0.6) is 0 Å². The van der Waals surface area contributed by atoms with Crippen LogP contribution >= 0.6 is 11.8 Å². The molecular weight excluding hydrogens is 456 g/mol. The maximum Gasteiger partial charge on any atom is 0.328 e. The Kier molecular flexibility index (Phi) is 14.3. The number of carboxylic acids is 2. The first-order valence-corrected chi connectivity index (χ1v) is 12.0. The molecule has 6 atom stereocenters. The van der Waals surface area contributed by atoms with E-state index in [0.717, 1.165) is 0 Å². The molecule has 0 saturated heterocycles. The molecule has 0 aliphatic carbocycles. The number of carbonyl (C=O) groups is 5. The average molecular weight is 493 g/mol. The Labute approximate surface area is 197 Å². The molecule has 12 nitrogen and oxygen atoms in total. The maximum atomic E-state index is 12.9. The quantitative estimate of drug-likeness (QED) is 0.138. The number of rotatable bonds is 16. The Bertz CT molecular complexity index is 691. The predicted molar refractivity (Wildman–Crippen MR) is 122 cm³/mol. The Morgan fingerprint density at radius 1 is 0.909 bits per heavy atom. The number of hydrogen-bond acceptors (Lipinski definition) is 8. The first kappa shape index (κ1) is 30.6. The van der Waals surface area contributed by atoms with Crippen LogP contribution in [0.25, 0.3) is 0 Å². The van der Waals surface area contributed by atoms with Crippen molar-refractivity contribution >= 4 is 41.4 Å². The number of aliphatic hydroxyl groups excluding tert-OH is 1. The standard InChI is InChI=1S/C20H36N4O8S/c1-5-10(2)15(21)19(30)23-13(8-9-33-4)17(28)22-12(6-7-14(26)27)18(29)24-16(11(3)25)20(31)32/h10-13,15-16,25H,5-9,21H2,1-4H3,(H,22,28)(H,23,30)(H,24,29)(H,26,27)(H,31,32). The summed E-state index contributed by atoms with van der Waals surface area (Å²) in [6.07, 6.45) is 0.456. The largest absolute Gasteiger partial charge is 0.481 e. The van der Waals surface area contributed by atoms with Gasteiger partial charge in [0.05, 0.1) is 12.1 Å². The molecule has 0 heterocycles. The molecule has 0 aromatic carbocycles. The highest BCUT2D eigenvalue weighted by atomic mass is 32.2. The molecule has 3 amide bonds. The molecule has 0 radical (unpaired) electrons. The minimum absolute atomic E-state index is 0.128. The zero-order valence-corrected chi connectivity index (χ0v) is 20.2. The highest BCUT2D eigenvalue weighted by molar-refractivity contribution is 7.98. The lowest BCUT2D eigenvalue weighted by Gasteiger charge is -2.26. The summed E-state index contributed by atoms with van der Waals surface area (Å²) in [4.78, 5) is 60.2. The molecule has 0 saturated carbocycles. The molecule has 13 heteroatoms. The number of carbonyl (C=O) groups excluding carboxylic acids is 3. The van der Waals surface area contributed by atoms with E-state index < -0.39 is 66.4 Å². The SMILES string of the molecule is CCC(C)C(N)C(=O)NC(CCSC)C(=O)NC(CCC(=O)O)C(=O)NC(C(=O)O)C(C)O. The van der Waals surface area contributed by atoms with E-state index >= 15 is 0 Å². The molecular formula is C20H36N4O8S. The van der Waals surface area contributed by atoms with Crippen LogP contribution in [-0.2, 0) is 24.0 Å². The Hall–Kier alpha value is -2.38. The van der Waals surface area contributed by atoms with Crippen molar-refractivity contribution in [3.05, 3.63) is 0 Å². The van der Waals surface area contributed by atoms with Gasteiger partial charge in [-0.15, -0.1) is 0 Å². The molecule has 6 unspecified atom stereocenters. The summed E-state index contributed by atoms with van der Waals surface area (Å²) in [5, 5.41) is 34.8. The molecule has 0 aromatic rings. The summed E-state index contributed by atoms with van der Waals surface area (Å²) in [5.41, 5.74) is 5.93. The number of nitrogens with two attached hydrogens (primary N) is 1. The van der Waals surface area contributed by atoms with E-state index in [-0.39, 0.29) is 18.8 Å². The number of aliphatic hydroxyl groups is 1. The van der Waals surface area contributed by atoms with E-state index in [2.05, 4.69) is 16.0 Å². The Morgan fingerprint density at radius 3 is 1.88 bits per heavy atom. The van der Waals surface area contributed by atoms with Crippen molar-refractivity contribution in [3.63, 3.8) is 0 Å². The molecule has 0 bridgehead atoms. The third-order valence-electron chi connectivity index (χ3n) is 5.13. The summed E-state index contributed by atoms with van der Waals surface area (Å²) < 4.78 is 0. The summed E-state index contributed by atoms with van der Waals surface area (Å²) in [6.45, 7) is 4.84. The van der Waals surface area contributed by atoms with Crippen molar-refractivity contribution in [2.24, 2.45) is 11.7 Å². The van der Waals surface area contributed by atoms with Crippen LogP contribution in [0.15, 0.2) is 0 Å². The Morgan fingerprint density at radius 2 is 1.42 bits per heavy atom. The maximum absolute atomic E-state index is 12.9. The van der Waals surface area contributed by atoms with Crippen LogP contribution in [0.2, 0.25) is 0 Å². The second-order valence-corrected chi connectivity index (χ2v) is 8.80. The number of thioether (sulfide) groups is 1. The van der Waals surface area contributed by atoms with Gasteiger partial charge in [-0.05, 0) is 37.7 Å². The van der Waals surface area contributed by atoms with E-state index in [0.29, 0.717) is 12.2 Å². The second-order valence-electron chi connectivity index (χ2n) is 7.81. The van der Waals surface area contributed by atoms with E-state index in [1.165, 1.54) is 18.7 Å². The summed E-state index contributed by atoms with van der Waals surface area (Å²) in [5.74, 6) is -4.57. The van der Waals surface area contributed by atoms with Crippen LogP contribution < -0.4 is 21.7 Å². The fourth-order valence-electron chi connectivity index (χ4n) is 2.74. The zero-order valence-electron chi connectivity index (χ0n) is 19.4. The van der Waals surface area contributed by atoms with Crippen LogP contribution in [0, 0.1) is 5.92 Å². The van der Waals surface area contributed by atoms with E-state index in [9.17, 15) is 29.1 Å². The molecule has 0 aliphatic rings. The van der Waals surface area contributed by atoms with Gasteiger partial charge in [0.15, 0.2) is 6.04 Å². The van der Waals surface area contributed by atoms with Gasteiger partial charge in [0.2, 0.25) is 17.7 Å². The number of aliphatic carboxylic acids is 2. The van der Waals surface area contributed by atoms with Gasteiger partial charge in [0, 0.05) is 6.42 Å². The molecule has 0 aliphatic heterocycles. The van der Waals surface area contributed by atoms with Crippen LogP contribution in [-0.4, -0.2) is 87.3 Å². The first-order valence-electron chi connectivity index (χ1n) is 10.6. The summed E-state index contributed by atoms with van der Waals surface area (Å²) in [6, 6.07) is -4.92. The molecule has 0 spiro atoms. The molecule has 190 valence electrons. The first-order chi connectivity index (χ1) is 15.3. The van der Waals surface area contributed by atoms with Gasteiger partial charge in [0.25, 0.3) is 0 Å². The summed E-state index contributed by atoms with van der Waals surface area (Å²) >= 11 is 1.44. The number of carboxylic acid groups (broad SMARTS) is 2. The van der Waals surface area contributed by atoms with Gasteiger partial charge in [-0.25, -0.2) is 4.79 Å². The fourth-order valence-corrected chi connectivity index (χ4v) is 3.21. The van der Waals surface area contributed by atoms with Gasteiger partial charge in [-0.2, -0.15) is 11.8 Å². The van der Waals surface area contributed by atoms with Crippen molar-refractivity contribution < 1.29 is 39.3 Å². The number of nitrogens with one attached hydrogen (secondary N) is 3. The van der Waals surface area contributed by atoms with Gasteiger partial charge in [-0.1, -0.05) is 20.3 Å². The smallest absolute Gasteiger partial charge is 0.328 e. The van der Waals surface area contributed by atoms with Gasteiger partial charge in [0.1, 0.15) is 12.1 Å². The highest BCUT2D eigenvalue weighted by Crippen LogP contribution is 2.08. The lowest BCUT2D eigenvalue weighted by atomic mass is 9.99. The minimum Gasteiger partial charge on any atom is -0.481 e. The van der Waals surface area contributed by atoms with Crippen molar-refractivity contribution in [3.8, 4) is 0 Å². The molecule has 0 fully saturated rings. The monoisotopic (exact) mass is 492 g/mol. The van der Waals surface area contributed by atoms with Crippen molar-refractivity contribution in [1.82, 2.24) is 16.0 Å². The van der Waals surface area contributed by atoms with Crippen molar-refractivity contribution in [2.45, 2.75) is 76.7 Å². The summed E-state index contributed by atoms with van der Waals surface area (Å²) in [7, 11) is 0. The lowest BCUT2D eigenvalue weighted by Crippen LogP contribution is -2.58. The van der Waals surface area contributed by atoms with Gasteiger partial charge >= 0.3 is 11.9 Å². The molecule has 8 N–H and O–H groups in total. The Balaban J connectivity index is 5.55. The number of hydrogen-bond donors (Lipinski definition) is 7. The third kappa shape index (κ3) is 11.3. The van der Waals surface area contributed by atoms with Crippen LogP contribution in [0.3, 0.4) is 0 Å². The highest BCUT2D eigenvalue weighted by Gasteiger charge is 2.32. The topological polar surface area (TPSA) is 208 Å². The minimum atomic E-state index is -1.65. The second kappa shape index (κ2) is 15.5. The normalized spacial score (nSPS) is 16.4. The predicted octanol–water partition coefficient (Wildman–Crippen LogP) is -1.10. The lowest BCUT2D eigenvalue weighted by molar-refractivity contribution is -0.145. The third-order valence-corrected chi connectivity index (χ3v) is 5.77. The zero-order chi connectivity index (χ0) is 25.7. The molecule has 33 heavy (non-hydrogen) atoms. The van der Waals surface area contributed by atoms with E-state index in [1.54, 1.807) is 6.92 Å². The average Bonchev–Trinajstić information content (AvgIpc) is 2.75. The molecule has 0 aromatic heterocycles. The van der Waals surface area contributed by atoms with Crippen LogP contribution in [0.1, 0.15) is 46.5 Å².